The Morgan fingerprint density at radius 3 is 1.14 bits per heavy atom. The molecule has 3 aliphatic rings. The molecule has 63 heavy (non-hydrogen) atoms. The van der Waals surface area contributed by atoms with Crippen LogP contribution < -0.4 is 0 Å². The molecule has 0 atom stereocenters. The Bertz CT molecular complexity index is 3230. The lowest BCUT2D eigenvalue weighted by Crippen LogP contribution is -2.30. The maximum atomic E-state index is 5.21. The Morgan fingerprint density at radius 2 is 0.714 bits per heavy atom. The van der Waals surface area contributed by atoms with Gasteiger partial charge in [-0.15, -0.1) is 0 Å². The third-order valence-corrected chi connectivity index (χ3v) is 12.4. The van der Waals surface area contributed by atoms with Crippen molar-refractivity contribution in [2.24, 2.45) is 0 Å². The van der Waals surface area contributed by atoms with Crippen LogP contribution in [-0.2, 0) is 5.41 Å². The van der Waals surface area contributed by atoms with Crippen molar-refractivity contribution < 1.29 is 0 Å². The summed E-state index contributed by atoms with van der Waals surface area (Å²) in [7, 11) is 0. The summed E-state index contributed by atoms with van der Waals surface area (Å²) in [6.45, 7) is 0. The van der Waals surface area contributed by atoms with Crippen LogP contribution in [0.15, 0.2) is 194 Å². The predicted octanol–water partition coefficient (Wildman–Crippen LogP) is 13.0. The van der Waals surface area contributed by atoms with Crippen LogP contribution in [0, 0.1) is 0 Å². The lowest BCUT2D eigenvalue weighted by molar-refractivity contribution is 0.766. The third kappa shape index (κ3) is 6.18. The average Bonchev–Trinajstić information content (AvgIpc) is 3.58. The zero-order valence-corrected chi connectivity index (χ0v) is 34.2. The molecule has 9 aromatic rings. The van der Waals surface area contributed by atoms with E-state index in [0.29, 0.717) is 34.9 Å². The molecular weight excluding hydrogens is 769 g/mol. The number of hydrogen-bond acceptors (Lipinski definition) is 6. The van der Waals surface area contributed by atoms with Gasteiger partial charge in [0.2, 0.25) is 0 Å². The van der Waals surface area contributed by atoms with E-state index in [4.69, 9.17) is 29.9 Å². The Balaban J connectivity index is 1.11. The van der Waals surface area contributed by atoms with Gasteiger partial charge >= 0.3 is 0 Å². The van der Waals surface area contributed by atoms with Gasteiger partial charge in [-0.2, -0.15) is 0 Å². The monoisotopic (exact) mass is 806 g/mol. The summed E-state index contributed by atoms with van der Waals surface area (Å²) < 4.78 is 0. The Hall–Kier alpha value is -8.22. The van der Waals surface area contributed by atoms with Crippen LogP contribution in [0.5, 0.6) is 0 Å². The molecule has 0 saturated heterocycles. The molecule has 0 fully saturated rings. The summed E-state index contributed by atoms with van der Waals surface area (Å²) in [6.07, 6.45) is 13.0. The molecule has 6 nitrogen and oxygen atoms in total. The van der Waals surface area contributed by atoms with Gasteiger partial charge < -0.3 is 0 Å². The van der Waals surface area contributed by atoms with Gasteiger partial charge in [0.1, 0.15) is 0 Å². The van der Waals surface area contributed by atoms with Crippen LogP contribution >= 0.6 is 0 Å². The van der Waals surface area contributed by atoms with Crippen molar-refractivity contribution in [2.45, 2.75) is 18.3 Å². The number of fused-ring (bicyclic) bond motifs is 9. The topological polar surface area (TPSA) is 77.3 Å². The second kappa shape index (κ2) is 15.0. The number of nitrogens with zero attached hydrogens (tertiary/aromatic N) is 6. The van der Waals surface area contributed by atoms with Gasteiger partial charge in [-0.05, 0) is 69.5 Å². The molecule has 0 saturated carbocycles. The van der Waals surface area contributed by atoms with Crippen molar-refractivity contribution in [2.75, 3.05) is 0 Å². The molecule has 2 heterocycles. The van der Waals surface area contributed by atoms with Gasteiger partial charge in [-0.1, -0.05) is 194 Å². The zero-order valence-electron chi connectivity index (χ0n) is 34.2. The number of aromatic nitrogens is 6. The van der Waals surface area contributed by atoms with Crippen molar-refractivity contribution in [3.05, 3.63) is 233 Å². The molecular formula is C57H38N6. The average molecular weight is 807 g/mol. The van der Waals surface area contributed by atoms with E-state index in [2.05, 4.69) is 127 Å². The van der Waals surface area contributed by atoms with E-state index in [1.807, 2.05) is 78.9 Å². The highest BCUT2D eigenvalue weighted by Gasteiger charge is 2.48. The van der Waals surface area contributed by atoms with Gasteiger partial charge in [-0.25, -0.2) is 29.9 Å². The zero-order chi connectivity index (χ0) is 41.7. The van der Waals surface area contributed by atoms with E-state index < -0.39 is 5.41 Å². The fourth-order valence-electron chi connectivity index (χ4n) is 9.54. The molecule has 6 heteroatoms. The molecule has 296 valence electrons. The van der Waals surface area contributed by atoms with E-state index >= 15 is 0 Å². The summed E-state index contributed by atoms with van der Waals surface area (Å²) in [6, 6.07) is 61.6. The third-order valence-electron chi connectivity index (χ3n) is 12.4. The highest BCUT2D eigenvalue weighted by atomic mass is 15.0. The standard InChI is InChI=1S/C57H38N6/c1-5-17-39(18-6-1)51-58-52(40-19-7-2-8-20-40)61-55(60-51)43-33-31-37-29-30-38-32-34-44(56-62-53(41-21-9-3-10-22-41)59-54(63-56)42-23-11-4-12-24-42)36-50(38)57(49(37)35-43)47-27-15-13-25-45(47)46-26-14-16-28-48(46)57/h1-3,5-11,13-36H,4,12H2. The fourth-order valence-corrected chi connectivity index (χ4v) is 9.54. The molecule has 12 rings (SSSR count). The normalized spacial score (nSPS) is 14.0. The minimum atomic E-state index is -0.725. The predicted molar refractivity (Wildman–Crippen MR) is 253 cm³/mol. The van der Waals surface area contributed by atoms with Crippen LogP contribution in [0.4, 0.5) is 0 Å². The quantitative estimate of drug-likeness (QED) is 0.167. The SMILES string of the molecule is C1=CC(c2nc(-c3ccccc3)nc(-c3ccc4c(c3)C3(c5cc(-c6nc(-c7ccccc7)nc(-c7ccccc7)n6)ccc5C=C4)c4ccccc4-c4ccccc43)n2)=CCC1. The molecule has 2 aromatic heterocycles. The Morgan fingerprint density at radius 1 is 0.317 bits per heavy atom. The number of rotatable bonds is 6. The van der Waals surface area contributed by atoms with Crippen LogP contribution in [0.3, 0.4) is 0 Å². The first-order valence-corrected chi connectivity index (χ1v) is 21.4. The van der Waals surface area contributed by atoms with Crippen molar-refractivity contribution >= 4 is 17.7 Å². The summed E-state index contributed by atoms with van der Waals surface area (Å²) in [5.74, 6) is 3.81. The van der Waals surface area contributed by atoms with Crippen LogP contribution in [0.1, 0.15) is 52.0 Å². The van der Waals surface area contributed by atoms with E-state index in [9.17, 15) is 0 Å². The number of benzene rings is 7. The van der Waals surface area contributed by atoms with Crippen molar-refractivity contribution in [3.8, 4) is 68.1 Å². The molecule has 1 spiro atoms. The van der Waals surface area contributed by atoms with Crippen LogP contribution in [0.25, 0.3) is 85.8 Å². The largest absolute Gasteiger partial charge is 0.208 e. The van der Waals surface area contributed by atoms with Gasteiger partial charge in [0, 0.05) is 33.4 Å². The van der Waals surface area contributed by atoms with E-state index in [-0.39, 0.29) is 0 Å². The molecule has 0 N–H and O–H groups in total. The molecule has 0 radical (unpaired) electrons. The minimum absolute atomic E-state index is 0.611. The number of allylic oxidation sites excluding steroid dienone is 4. The maximum Gasteiger partial charge on any atom is 0.164 e. The summed E-state index contributed by atoms with van der Waals surface area (Å²) in [5, 5.41) is 0. The molecule has 7 aromatic carbocycles. The summed E-state index contributed by atoms with van der Waals surface area (Å²) in [4.78, 5) is 30.8. The first kappa shape index (κ1) is 36.6. The van der Waals surface area contributed by atoms with Gasteiger partial charge in [0.15, 0.2) is 34.9 Å². The van der Waals surface area contributed by atoms with E-state index in [1.54, 1.807) is 0 Å². The smallest absolute Gasteiger partial charge is 0.164 e. The number of hydrogen-bond donors (Lipinski definition) is 0. The van der Waals surface area contributed by atoms with Gasteiger partial charge in [-0.3, -0.25) is 0 Å². The molecule has 0 aliphatic heterocycles. The first-order valence-electron chi connectivity index (χ1n) is 21.4. The first-order chi connectivity index (χ1) is 31.2. The molecule has 0 bridgehead atoms. The van der Waals surface area contributed by atoms with Crippen molar-refractivity contribution in [1.82, 2.24) is 29.9 Å². The van der Waals surface area contributed by atoms with Crippen LogP contribution in [-0.4, -0.2) is 29.9 Å². The lowest BCUT2D eigenvalue weighted by atomic mass is 9.65. The fraction of sp³-hybridized carbons (Fsp3) is 0.0526. The second-order valence-electron chi connectivity index (χ2n) is 16.1. The van der Waals surface area contributed by atoms with E-state index in [0.717, 1.165) is 68.5 Å². The molecule has 0 amide bonds. The highest BCUT2D eigenvalue weighted by Crippen LogP contribution is 2.59. The second-order valence-corrected chi connectivity index (χ2v) is 16.1. The van der Waals surface area contributed by atoms with Crippen molar-refractivity contribution in [1.29, 1.82) is 0 Å². The maximum absolute atomic E-state index is 5.21. The molecule has 3 aliphatic carbocycles. The summed E-state index contributed by atoms with van der Waals surface area (Å²) in [5.41, 5.74) is 14.3. The lowest BCUT2D eigenvalue weighted by Gasteiger charge is -2.35. The van der Waals surface area contributed by atoms with E-state index in [1.165, 1.54) is 22.3 Å². The minimum Gasteiger partial charge on any atom is -0.208 e. The van der Waals surface area contributed by atoms with Crippen molar-refractivity contribution in [3.63, 3.8) is 0 Å². The Labute approximate surface area is 365 Å². The van der Waals surface area contributed by atoms with Gasteiger partial charge in [0.25, 0.3) is 0 Å². The van der Waals surface area contributed by atoms with Gasteiger partial charge in [0.05, 0.1) is 5.41 Å². The molecule has 0 unspecified atom stereocenters. The highest BCUT2D eigenvalue weighted by molar-refractivity contribution is 5.92. The van der Waals surface area contributed by atoms with Crippen LogP contribution in [0.2, 0.25) is 0 Å². The Kier molecular flexibility index (Phi) is 8.75. The summed E-state index contributed by atoms with van der Waals surface area (Å²) >= 11 is 0.